The van der Waals surface area contributed by atoms with E-state index in [0.717, 1.165) is 10.0 Å². The fraction of sp³-hybridized carbons (Fsp3) is 0.0588. The molecule has 4 nitrogen and oxygen atoms in total. The maximum Gasteiger partial charge on any atom is 0.363 e. The third-order valence-electron chi connectivity index (χ3n) is 3.18. The summed E-state index contributed by atoms with van der Waals surface area (Å²) in [6.45, 7) is 0. The average molecular weight is 393 g/mol. The summed E-state index contributed by atoms with van der Waals surface area (Å²) >= 11 is 9.57. The molecule has 0 N–H and O–H groups in total. The predicted octanol–water partition coefficient (Wildman–Crippen LogP) is 4.46. The molecule has 0 bridgehead atoms. The number of ether oxygens (including phenoxy) is 2. The third-order valence-corrected chi connectivity index (χ3v) is 3.99. The van der Waals surface area contributed by atoms with Crippen LogP contribution in [0.25, 0.3) is 6.08 Å². The number of methoxy groups -OCH3 is 1. The van der Waals surface area contributed by atoms with E-state index in [9.17, 15) is 4.79 Å². The van der Waals surface area contributed by atoms with Gasteiger partial charge in [-0.2, -0.15) is 0 Å². The monoisotopic (exact) mass is 391 g/mol. The molecular weight excluding hydrogens is 382 g/mol. The Labute approximate surface area is 146 Å². The number of esters is 1. The smallest absolute Gasteiger partial charge is 0.363 e. The van der Waals surface area contributed by atoms with Crippen LogP contribution in [0.15, 0.2) is 57.6 Å². The fourth-order valence-corrected chi connectivity index (χ4v) is 2.74. The molecule has 0 atom stereocenters. The Kier molecular flexibility index (Phi) is 4.50. The Morgan fingerprint density at radius 3 is 2.78 bits per heavy atom. The lowest BCUT2D eigenvalue weighted by molar-refractivity contribution is -0.129. The summed E-state index contributed by atoms with van der Waals surface area (Å²) in [4.78, 5) is 16.2. The standard InChI is InChI=1S/C17H11BrClNO3/c1-22-12-5-6-13(14(19)9-12)16-20-15(17(21)23-16)8-10-3-2-4-11(18)7-10/h2-9H,1H3. The predicted molar refractivity (Wildman–Crippen MR) is 92.8 cm³/mol. The van der Waals surface area contributed by atoms with Crippen LogP contribution in [0.2, 0.25) is 5.02 Å². The summed E-state index contributed by atoms with van der Waals surface area (Å²) in [6, 6.07) is 12.6. The van der Waals surface area contributed by atoms with E-state index < -0.39 is 5.97 Å². The van der Waals surface area contributed by atoms with E-state index >= 15 is 0 Å². The summed E-state index contributed by atoms with van der Waals surface area (Å²) in [5, 5.41) is 0.402. The normalized spacial score (nSPS) is 15.5. The number of cyclic esters (lactones) is 1. The van der Waals surface area contributed by atoms with Crippen molar-refractivity contribution in [1.82, 2.24) is 0 Å². The van der Waals surface area contributed by atoms with Gasteiger partial charge in [0.15, 0.2) is 5.70 Å². The second kappa shape index (κ2) is 6.56. The van der Waals surface area contributed by atoms with Gasteiger partial charge in [-0.3, -0.25) is 0 Å². The van der Waals surface area contributed by atoms with Gasteiger partial charge >= 0.3 is 5.97 Å². The van der Waals surface area contributed by atoms with Gasteiger partial charge in [0, 0.05) is 4.47 Å². The molecule has 2 aromatic carbocycles. The lowest BCUT2D eigenvalue weighted by Crippen LogP contribution is -2.06. The van der Waals surface area contributed by atoms with Crippen LogP contribution in [-0.4, -0.2) is 19.0 Å². The van der Waals surface area contributed by atoms with Crippen molar-refractivity contribution in [1.29, 1.82) is 0 Å². The summed E-state index contributed by atoms with van der Waals surface area (Å²) in [5.74, 6) is 0.296. The van der Waals surface area contributed by atoms with Gasteiger partial charge in [0.05, 0.1) is 17.7 Å². The van der Waals surface area contributed by atoms with Crippen LogP contribution in [-0.2, 0) is 9.53 Å². The van der Waals surface area contributed by atoms with Crippen molar-refractivity contribution in [3.05, 3.63) is 68.8 Å². The van der Waals surface area contributed by atoms with Gasteiger partial charge in [0.2, 0.25) is 5.90 Å². The first-order valence-electron chi connectivity index (χ1n) is 6.69. The molecule has 0 radical (unpaired) electrons. The first-order valence-corrected chi connectivity index (χ1v) is 7.86. The quantitative estimate of drug-likeness (QED) is 0.572. The highest BCUT2D eigenvalue weighted by atomic mass is 79.9. The van der Waals surface area contributed by atoms with Gasteiger partial charge in [0.1, 0.15) is 5.75 Å². The highest BCUT2D eigenvalue weighted by Crippen LogP contribution is 2.27. The zero-order valence-electron chi connectivity index (χ0n) is 12.0. The number of hydrogen-bond donors (Lipinski definition) is 0. The molecule has 0 spiro atoms. The van der Waals surface area contributed by atoms with E-state index in [-0.39, 0.29) is 11.6 Å². The van der Waals surface area contributed by atoms with Gasteiger partial charge in [0.25, 0.3) is 0 Å². The largest absolute Gasteiger partial charge is 0.497 e. The number of benzene rings is 2. The molecule has 0 aliphatic carbocycles. The van der Waals surface area contributed by atoms with Crippen LogP contribution in [0.4, 0.5) is 0 Å². The number of halogens is 2. The third kappa shape index (κ3) is 3.46. The van der Waals surface area contributed by atoms with Crippen LogP contribution in [0.3, 0.4) is 0 Å². The molecule has 1 heterocycles. The molecule has 1 aliphatic heterocycles. The maximum atomic E-state index is 12.0. The Balaban J connectivity index is 1.95. The van der Waals surface area contributed by atoms with Crippen molar-refractivity contribution in [3.63, 3.8) is 0 Å². The van der Waals surface area contributed by atoms with Crippen molar-refractivity contribution >= 4 is 45.5 Å². The lowest BCUT2D eigenvalue weighted by Gasteiger charge is -2.05. The summed E-state index contributed by atoms with van der Waals surface area (Å²) in [6.07, 6.45) is 1.66. The average Bonchev–Trinajstić information content (AvgIpc) is 2.88. The van der Waals surface area contributed by atoms with Crippen LogP contribution in [0, 0.1) is 0 Å². The van der Waals surface area contributed by atoms with Gasteiger partial charge in [-0.05, 0) is 42.0 Å². The number of nitrogens with zero attached hydrogens (tertiary/aromatic N) is 1. The summed E-state index contributed by atoms with van der Waals surface area (Å²) < 4.78 is 11.2. The Bertz CT molecular complexity index is 845. The molecular formula is C17H11BrClNO3. The molecule has 0 amide bonds. The number of rotatable bonds is 3. The van der Waals surface area contributed by atoms with Gasteiger partial charge in [-0.1, -0.05) is 39.7 Å². The molecule has 2 aromatic rings. The molecule has 0 unspecified atom stereocenters. The maximum absolute atomic E-state index is 12.0. The molecule has 1 aliphatic rings. The minimum absolute atomic E-state index is 0.184. The Morgan fingerprint density at radius 2 is 2.09 bits per heavy atom. The van der Waals surface area contributed by atoms with Crippen molar-refractivity contribution in [3.8, 4) is 5.75 Å². The van der Waals surface area contributed by atoms with Gasteiger partial charge in [-0.25, -0.2) is 9.79 Å². The van der Waals surface area contributed by atoms with E-state index in [2.05, 4.69) is 20.9 Å². The fourth-order valence-electron chi connectivity index (χ4n) is 2.07. The highest BCUT2D eigenvalue weighted by molar-refractivity contribution is 9.10. The first kappa shape index (κ1) is 15.8. The lowest BCUT2D eigenvalue weighted by atomic mass is 10.2. The zero-order chi connectivity index (χ0) is 16.4. The molecule has 0 saturated heterocycles. The Morgan fingerprint density at radius 1 is 1.26 bits per heavy atom. The second-order valence-corrected chi connectivity index (χ2v) is 6.06. The molecule has 23 heavy (non-hydrogen) atoms. The van der Waals surface area contributed by atoms with E-state index in [1.807, 2.05) is 24.3 Å². The first-order chi connectivity index (χ1) is 11.1. The van der Waals surface area contributed by atoms with Crippen LogP contribution >= 0.6 is 27.5 Å². The van der Waals surface area contributed by atoms with E-state index in [1.54, 1.807) is 31.4 Å². The number of hydrogen-bond acceptors (Lipinski definition) is 4. The van der Waals surface area contributed by atoms with Crippen molar-refractivity contribution in [2.24, 2.45) is 4.99 Å². The number of aliphatic imine (C=N–C) groups is 1. The number of carbonyl (C=O) groups is 1. The van der Waals surface area contributed by atoms with Crippen molar-refractivity contribution in [2.75, 3.05) is 7.11 Å². The Hall–Kier alpha value is -2.11. The summed E-state index contributed by atoms with van der Waals surface area (Å²) in [7, 11) is 1.55. The van der Waals surface area contributed by atoms with E-state index in [0.29, 0.717) is 16.3 Å². The molecule has 0 fully saturated rings. The highest BCUT2D eigenvalue weighted by Gasteiger charge is 2.25. The van der Waals surface area contributed by atoms with Gasteiger partial charge < -0.3 is 9.47 Å². The van der Waals surface area contributed by atoms with Crippen LogP contribution in [0.1, 0.15) is 11.1 Å². The molecule has 116 valence electrons. The minimum Gasteiger partial charge on any atom is -0.497 e. The van der Waals surface area contributed by atoms with Crippen molar-refractivity contribution < 1.29 is 14.3 Å². The van der Waals surface area contributed by atoms with Crippen molar-refractivity contribution in [2.45, 2.75) is 0 Å². The van der Waals surface area contributed by atoms with E-state index in [4.69, 9.17) is 21.1 Å². The molecule has 0 saturated carbocycles. The summed E-state index contributed by atoms with van der Waals surface area (Å²) in [5.41, 5.74) is 1.61. The van der Waals surface area contributed by atoms with Crippen LogP contribution in [0.5, 0.6) is 5.75 Å². The topological polar surface area (TPSA) is 47.9 Å². The van der Waals surface area contributed by atoms with Gasteiger partial charge in [-0.15, -0.1) is 0 Å². The van der Waals surface area contributed by atoms with Crippen LogP contribution < -0.4 is 4.74 Å². The second-order valence-electron chi connectivity index (χ2n) is 4.74. The molecule has 3 rings (SSSR count). The minimum atomic E-state index is -0.508. The molecule has 0 aromatic heterocycles. The molecule has 6 heteroatoms. The van der Waals surface area contributed by atoms with E-state index in [1.165, 1.54) is 0 Å². The number of carbonyl (C=O) groups excluding carboxylic acids is 1. The SMILES string of the molecule is COc1ccc(C2=NC(=Cc3cccc(Br)c3)C(=O)O2)c(Cl)c1. The zero-order valence-corrected chi connectivity index (χ0v) is 14.4.